The number of alkyl halides is 3. The van der Waals surface area contributed by atoms with Gasteiger partial charge in [-0.25, -0.2) is 9.78 Å². The number of hydrogen-bond donors (Lipinski definition) is 2. The zero-order valence-electron chi connectivity index (χ0n) is 14.8. The van der Waals surface area contributed by atoms with Gasteiger partial charge in [-0.3, -0.25) is 0 Å². The van der Waals surface area contributed by atoms with Crippen molar-refractivity contribution in [2.45, 2.75) is 32.4 Å². The smallest absolute Gasteiger partial charge is 0.433 e. The number of carboxylic acids is 1. The van der Waals surface area contributed by atoms with Crippen LogP contribution in [-0.4, -0.2) is 25.7 Å². The van der Waals surface area contributed by atoms with Crippen LogP contribution in [0, 0.1) is 0 Å². The first-order valence-corrected chi connectivity index (χ1v) is 8.04. The Bertz CT molecular complexity index is 1020. The van der Waals surface area contributed by atoms with Gasteiger partial charge >= 0.3 is 12.1 Å². The van der Waals surface area contributed by atoms with Crippen molar-refractivity contribution in [1.82, 2.24) is 14.6 Å². The molecule has 2 aromatic heterocycles. The van der Waals surface area contributed by atoms with E-state index in [1.165, 1.54) is 28.8 Å². The summed E-state index contributed by atoms with van der Waals surface area (Å²) in [6.07, 6.45) is -4.66. The molecule has 1 aromatic carbocycles. The average Bonchev–Trinajstić information content (AvgIpc) is 2.99. The third kappa shape index (κ3) is 3.71. The summed E-state index contributed by atoms with van der Waals surface area (Å²) in [5, 5.41) is 16.4. The number of nitrogens with zero attached hydrogens (tertiary/aromatic N) is 3. The summed E-state index contributed by atoms with van der Waals surface area (Å²) in [6.45, 7) is 5.64. The highest BCUT2D eigenvalue weighted by atomic mass is 19.4. The predicted octanol–water partition coefficient (Wildman–Crippen LogP) is 4.49. The van der Waals surface area contributed by atoms with E-state index in [-0.39, 0.29) is 22.7 Å². The largest absolute Gasteiger partial charge is 0.478 e. The van der Waals surface area contributed by atoms with Crippen LogP contribution in [0.2, 0.25) is 0 Å². The van der Waals surface area contributed by atoms with Gasteiger partial charge < -0.3 is 10.4 Å². The molecule has 0 saturated heterocycles. The minimum absolute atomic E-state index is 0.0186. The standard InChI is InChI=1S/C18H17F3N4O2/c1-17(2,3)12-8-15-23-13(18(19,20)21)9-14(25(15)24-12)22-11-7-5-4-6-10(11)16(26)27/h4-9,22H,1-3H3,(H,26,27). The fraction of sp³-hybridized carbons (Fsp3) is 0.278. The van der Waals surface area contributed by atoms with E-state index < -0.39 is 23.3 Å². The highest BCUT2D eigenvalue weighted by Gasteiger charge is 2.34. The Labute approximate surface area is 152 Å². The summed E-state index contributed by atoms with van der Waals surface area (Å²) in [6, 6.07) is 8.24. The van der Waals surface area contributed by atoms with Crippen molar-refractivity contribution in [2.75, 3.05) is 5.32 Å². The lowest BCUT2D eigenvalue weighted by molar-refractivity contribution is -0.141. The molecule has 142 valence electrons. The lowest BCUT2D eigenvalue weighted by atomic mass is 9.93. The molecule has 9 heteroatoms. The summed E-state index contributed by atoms with van der Waals surface area (Å²) in [5.41, 5.74) is -0.834. The van der Waals surface area contributed by atoms with Crippen LogP contribution in [0.1, 0.15) is 42.5 Å². The van der Waals surface area contributed by atoms with Crippen molar-refractivity contribution in [2.24, 2.45) is 0 Å². The van der Waals surface area contributed by atoms with Crippen molar-refractivity contribution in [3.05, 3.63) is 53.3 Å². The second-order valence-corrected chi connectivity index (χ2v) is 7.05. The molecule has 0 bridgehead atoms. The zero-order chi connectivity index (χ0) is 20.0. The predicted molar refractivity (Wildman–Crippen MR) is 93.4 cm³/mol. The van der Waals surface area contributed by atoms with Gasteiger partial charge in [0.2, 0.25) is 0 Å². The van der Waals surface area contributed by atoms with Gasteiger partial charge in [-0.2, -0.15) is 22.8 Å². The topological polar surface area (TPSA) is 79.5 Å². The summed E-state index contributed by atoms with van der Waals surface area (Å²) in [5.74, 6) is -1.23. The quantitative estimate of drug-likeness (QED) is 0.702. The van der Waals surface area contributed by atoms with Gasteiger partial charge in [0.05, 0.1) is 16.9 Å². The van der Waals surface area contributed by atoms with Crippen molar-refractivity contribution in [3.8, 4) is 0 Å². The van der Waals surface area contributed by atoms with Crippen LogP contribution in [0.3, 0.4) is 0 Å². The molecular formula is C18H17F3N4O2. The molecule has 0 aliphatic heterocycles. The first-order chi connectivity index (χ1) is 12.5. The van der Waals surface area contributed by atoms with E-state index in [1.807, 2.05) is 20.8 Å². The molecule has 2 heterocycles. The number of para-hydroxylation sites is 1. The second-order valence-electron chi connectivity index (χ2n) is 7.05. The molecule has 6 nitrogen and oxygen atoms in total. The Morgan fingerprint density at radius 1 is 1.11 bits per heavy atom. The SMILES string of the molecule is CC(C)(C)c1cc2nc(C(F)(F)F)cc(Nc3ccccc3C(=O)O)n2n1. The molecule has 0 amide bonds. The molecule has 0 atom stereocenters. The third-order valence-corrected chi connectivity index (χ3v) is 3.91. The number of halogens is 3. The number of anilines is 2. The van der Waals surface area contributed by atoms with Crippen molar-refractivity contribution in [1.29, 1.82) is 0 Å². The van der Waals surface area contributed by atoms with Gasteiger partial charge in [-0.1, -0.05) is 32.9 Å². The maximum atomic E-state index is 13.3. The number of rotatable bonds is 3. The van der Waals surface area contributed by atoms with Crippen molar-refractivity contribution < 1.29 is 23.1 Å². The number of benzene rings is 1. The Morgan fingerprint density at radius 3 is 2.37 bits per heavy atom. The monoisotopic (exact) mass is 378 g/mol. The number of aromatic carboxylic acids is 1. The molecule has 3 aromatic rings. The fourth-order valence-electron chi connectivity index (χ4n) is 2.49. The van der Waals surface area contributed by atoms with Crippen LogP contribution >= 0.6 is 0 Å². The minimum Gasteiger partial charge on any atom is -0.478 e. The zero-order valence-corrected chi connectivity index (χ0v) is 14.8. The maximum Gasteiger partial charge on any atom is 0.433 e. The summed E-state index contributed by atoms with van der Waals surface area (Å²) in [7, 11) is 0. The first kappa shape index (κ1) is 18.7. The molecule has 0 spiro atoms. The van der Waals surface area contributed by atoms with E-state index in [0.29, 0.717) is 5.69 Å². The van der Waals surface area contributed by atoms with Gasteiger partial charge in [-0.15, -0.1) is 0 Å². The number of carboxylic acid groups (broad SMARTS) is 1. The van der Waals surface area contributed by atoms with Crippen LogP contribution in [-0.2, 0) is 11.6 Å². The molecule has 27 heavy (non-hydrogen) atoms. The van der Waals surface area contributed by atoms with Gasteiger partial charge in [0.15, 0.2) is 11.3 Å². The molecule has 3 rings (SSSR count). The highest BCUT2D eigenvalue weighted by molar-refractivity contribution is 5.95. The molecule has 2 N–H and O–H groups in total. The van der Waals surface area contributed by atoms with Gasteiger partial charge in [0, 0.05) is 17.5 Å². The number of fused-ring (bicyclic) bond motifs is 1. The van der Waals surface area contributed by atoms with E-state index in [0.717, 1.165) is 6.07 Å². The number of hydrogen-bond acceptors (Lipinski definition) is 4. The molecule has 0 radical (unpaired) electrons. The Hall–Kier alpha value is -3.10. The lowest BCUT2D eigenvalue weighted by Crippen LogP contribution is -2.14. The summed E-state index contributed by atoms with van der Waals surface area (Å²) >= 11 is 0. The van der Waals surface area contributed by atoms with Gasteiger partial charge in [0.25, 0.3) is 0 Å². The number of aromatic nitrogens is 3. The van der Waals surface area contributed by atoms with E-state index in [4.69, 9.17) is 0 Å². The van der Waals surface area contributed by atoms with Crippen molar-refractivity contribution in [3.63, 3.8) is 0 Å². The van der Waals surface area contributed by atoms with Gasteiger partial charge in [-0.05, 0) is 12.1 Å². The fourth-order valence-corrected chi connectivity index (χ4v) is 2.49. The minimum atomic E-state index is -4.66. The highest BCUT2D eigenvalue weighted by Crippen LogP contribution is 2.32. The number of nitrogens with one attached hydrogen (secondary N) is 1. The van der Waals surface area contributed by atoms with Crippen molar-refractivity contribution >= 4 is 23.1 Å². The van der Waals surface area contributed by atoms with Crippen LogP contribution in [0.15, 0.2) is 36.4 Å². The Kier molecular flexibility index (Phi) is 4.33. The first-order valence-electron chi connectivity index (χ1n) is 8.04. The molecule has 0 fully saturated rings. The average molecular weight is 378 g/mol. The maximum absolute atomic E-state index is 13.3. The van der Waals surface area contributed by atoms with Crippen LogP contribution in [0.25, 0.3) is 5.65 Å². The Balaban J connectivity index is 2.21. The molecule has 0 aliphatic rings. The van der Waals surface area contributed by atoms with Crippen LogP contribution < -0.4 is 5.32 Å². The number of carbonyl (C=O) groups is 1. The summed E-state index contributed by atoms with van der Waals surface area (Å²) < 4.78 is 41.1. The van der Waals surface area contributed by atoms with Crippen LogP contribution in [0.4, 0.5) is 24.7 Å². The van der Waals surface area contributed by atoms with Gasteiger partial charge in [0.1, 0.15) is 5.82 Å². The second kappa shape index (κ2) is 6.26. The Morgan fingerprint density at radius 2 is 1.78 bits per heavy atom. The van der Waals surface area contributed by atoms with E-state index in [9.17, 15) is 23.1 Å². The molecule has 0 saturated carbocycles. The molecule has 0 aliphatic carbocycles. The lowest BCUT2D eigenvalue weighted by Gasteiger charge is -2.14. The van der Waals surface area contributed by atoms with Crippen LogP contribution in [0.5, 0.6) is 0 Å². The van der Waals surface area contributed by atoms with E-state index in [1.54, 1.807) is 6.07 Å². The molecule has 0 unspecified atom stereocenters. The normalized spacial score (nSPS) is 12.4. The molecular weight excluding hydrogens is 361 g/mol. The van der Waals surface area contributed by atoms with E-state index >= 15 is 0 Å². The van der Waals surface area contributed by atoms with E-state index in [2.05, 4.69) is 15.4 Å². The third-order valence-electron chi connectivity index (χ3n) is 3.91. The summed E-state index contributed by atoms with van der Waals surface area (Å²) in [4.78, 5) is 15.0.